The largest absolute Gasteiger partial charge is 0.360 e. The molecule has 0 saturated carbocycles. The fourth-order valence-corrected chi connectivity index (χ4v) is 3.97. The van der Waals surface area contributed by atoms with Gasteiger partial charge in [-0.05, 0) is 58.5 Å². The van der Waals surface area contributed by atoms with Crippen LogP contribution in [0.25, 0.3) is 10.9 Å². The van der Waals surface area contributed by atoms with E-state index in [0.29, 0.717) is 0 Å². The summed E-state index contributed by atoms with van der Waals surface area (Å²) in [6.45, 7) is 0.797. The maximum absolute atomic E-state index is 4.80. The van der Waals surface area contributed by atoms with Crippen molar-refractivity contribution in [2.75, 3.05) is 10.2 Å². The molecular formula is C22H19ClIN5. The summed E-state index contributed by atoms with van der Waals surface area (Å²) in [6.07, 6.45) is 3.66. The van der Waals surface area contributed by atoms with Crippen LogP contribution in [0.3, 0.4) is 0 Å². The van der Waals surface area contributed by atoms with Gasteiger partial charge in [-0.2, -0.15) is 5.10 Å². The number of aromatic nitrogens is 2. The van der Waals surface area contributed by atoms with Crippen LogP contribution in [0.1, 0.15) is 17.3 Å². The number of benzene rings is 3. The third-order valence-electron chi connectivity index (χ3n) is 4.89. The number of hydrogen-bond donors (Lipinski definition) is 2. The molecule has 2 heterocycles. The first kappa shape index (κ1) is 19.7. The molecule has 1 aliphatic heterocycles. The average Bonchev–Trinajstić information content (AvgIpc) is 3.18. The Balaban J connectivity index is 0.00000205. The van der Waals surface area contributed by atoms with Crippen LogP contribution in [0.5, 0.6) is 0 Å². The zero-order chi connectivity index (χ0) is 18.9. The van der Waals surface area contributed by atoms with Gasteiger partial charge >= 0.3 is 0 Å². The Morgan fingerprint density at radius 1 is 1.03 bits per heavy atom. The predicted molar refractivity (Wildman–Crippen MR) is 130 cm³/mol. The highest BCUT2D eigenvalue weighted by Gasteiger charge is 2.22. The number of fused-ring (bicyclic) bond motifs is 2. The minimum Gasteiger partial charge on any atom is -0.360 e. The smallest absolute Gasteiger partial charge is 0.148 e. The lowest BCUT2D eigenvalue weighted by Gasteiger charge is -2.31. The van der Waals surface area contributed by atoms with Crippen molar-refractivity contribution in [2.24, 2.45) is 4.99 Å². The third-order valence-corrected chi connectivity index (χ3v) is 5.56. The molecule has 3 aromatic carbocycles. The van der Waals surface area contributed by atoms with Crippen molar-refractivity contribution in [3.05, 3.63) is 87.6 Å². The van der Waals surface area contributed by atoms with Gasteiger partial charge in [-0.1, -0.05) is 36.4 Å². The molecule has 5 nitrogen and oxygen atoms in total. The summed E-state index contributed by atoms with van der Waals surface area (Å²) in [6, 6.07) is 23.2. The normalized spacial score (nSPS) is 15.1. The maximum atomic E-state index is 4.80. The molecule has 0 fully saturated rings. The Morgan fingerprint density at radius 2 is 1.90 bits per heavy atom. The topological polar surface area (TPSA) is 56.3 Å². The monoisotopic (exact) mass is 515 g/mol. The first-order valence-corrected chi connectivity index (χ1v) is 10.2. The predicted octanol–water partition coefficient (Wildman–Crippen LogP) is 5.75. The van der Waals surface area contributed by atoms with Crippen molar-refractivity contribution >= 4 is 63.6 Å². The standard InChI is InChI=1S/C22H18IN5.ClH/c23-17-6-8-19-21(11-17)28(13-15-4-2-1-3-5-15)14-24-22(19)26-18-7-9-20-16(10-18)12-25-27-20;/h1-12,14,22,26H,13H2,(H,25,27);1H. The van der Waals surface area contributed by atoms with Crippen molar-refractivity contribution in [2.45, 2.75) is 12.7 Å². The van der Waals surface area contributed by atoms with Gasteiger partial charge < -0.3 is 10.2 Å². The summed E-state index contributed by atoms with van der Waals surface area (Å²) < 4.78 is 1.21. The second-order valence-corrected chi connectivity index (χ2v) is 8.05. The van der Waals surface area contributed by atoms with Gasteiger partial charge in [-0.15, -0.1) is 12.4 Å². The van der Waals surface area contributed by atoms with Crippen molar-refractivity contribution in [1.82, 2.24) is 10.2 Å². The highest BCUT2D eigenvalue weighted by molar-refractivity contribution is 14.1. The van der Waals surface area contributed by atoms with Crippen LogP contribution in [0.2, 0.25) is 0 Å². The number of aliphatic imine (C=N–C) groups is 1. The van der Waals surface area contributed by atoms with E-state index in [-0.39, 0.29) is 18.6 Å². The van der Waals surface area contributed by atoms with E-state index in [4.69, 9.17) is 4.99 Å². The zero-order valence-electron chi connectivity index (χ0n) is 15.4. The van der Waals surface area contributed by atoms with E-state index in [1.807, 2.05) is 24.7 Å². The molecule has 7 heteroatoms. The molecule has 0 amide bonds. The minimum absolute atomic E-state index is 0. The van der Waals surface area contributed by atoms with E-state index < -0.39 is 0 Å². The molecule has 5 rings (SSSR count). The summed E-state index contributed by atoms with van der Waals surface area (Å²) in [7, 11) is 0. The van der Waals surface area contributed by atoms with Crippen LogP contribution in [-0.2, 0) is 6.54 Å². The zero-order valence-corrected chi connectivity index (χ0v) is 18.4. The lowest BCUT2D eigenvalue weighted by atomic mass is 10.1. The molecule has 0 radical (unpaired) electrons. The molecular weight excluding hydrogens is 497 g/mol. The van der Waals surface area contributed by atoms with Gasteiger partial charge in [-0.25, -0.2) is 4.99 Å². The van der Waals surface area contributed by atoms with E-state index in [1.165, 1.54) is 20.4 Å². The van der Waals surface area contributed by atoms with Gasteiger partial charge in [0.05, 0.1) is 23.7 Å². The van der Waals surface area contributed by atoms with Crippen molar-refractivity contribution in [3.63, 3.8) is 0 Å². The van der Waals surface area contributed by atoms with Gasteiger partial charge in [0.1, 0.15) is 6.17 Å². The number of nitrogens with one attached hydrogen (secondary N) is 2. The van der Waals surface area contributed by atoms with Gasteiger partial charge in [0.2, 0.25) is 0 Å². The van der Waals surface area contributed by atoms with Crippen LogP contribution >= 0.6 is 35.0 Å². The second kappa shape index (κ2) is 8.42. The summed E-state index contributed by atoms with van der Waals surface area (Å²) in [5.74, 6) is 0. The Hall–Kier alpha value is -2.58. The number of halogens is 2. The van der Waals surface area contributed by atoms with Gasteiger partial charge in [-0.3, -0.25) is 5.10 Å². The van der Waals surface area contributed by atoms with E-state index in [2.05, 4.69) is 97.6 Å². The van der Waals surface area contributed by atoms with Crippen LogP contribution < -0.4 is 10.2 Å². The van der Waals surface area contributed by atoms with Crippen LogP contribution in [0.4, 0.5) is 11.4 Å². The van der Waals surface area contributed by atoms with Gasteiger partial charge in [0, 0.05) is 26.8 Å². The molecule has 0 bridgehead atoms. The lowest BCUT2D eigenvalue weighted by Crippen LogP contribution is -2.28. The molecule has 0 spiro atoms. The average molecular weight is 516 g/mol. The van der Waals surface area contributed by atoms with Gasteiger partial charge in [0.25, 0.3) is 0 Å². The summed E-state index contributed by atoms with van der Waals surface area (Å²) in [5, 5.41) is 11.7. The number of rotatable bonds is 4. The van der Waals surface area contributed by atoms with E-state index in [0.717, 1.165) is 23.1 Å². The lowest BCUT2D eigenvalue weighted by molar-refractivity contribution is 0.805. The highest BCUT2D eigenvalue weighted by atomic mass is 127. The molecule has 1 aliphatic rings. The SMILES string of the molecule is Cl.Ic1ccc2c(c1)N(Cc1ccccc1)C=NC2Nc1ccc2[nH]ncc2c1. The number of aromatic amines is 1. The fraction of sp³-hybridized carbons (Fsp3) is 0.0909. The minimum atomic E-state index is -0.122. The maximum Gasteiger partial charge on any atom is 0.148 e. The van der Waals surface area contributed by atoms with E-state index in [9.17, 15) is 0 Å². The quantitative estimate of drug-likeness (QED) is 0.340. The number of nitrogens with zero attached hydrogens (tertiary/aromatic N) is 3. The number of H-pyrrole nitrogens is 1. The third kappa shape index (κ3) is 4.09. The highest BCUT2D eigenvalue weighted by Crippen LogP contribution is 2.35. The van der Waals surface area contributed by atoms with E-state index in [1.54, 1.807) is 0 Å². The Morgan fingerprint density at radius 3 is 2.76 bits per heavy atom. The van der Waals surface area contributed by atoms with Crippen molar-refractivity contribution < 1.29 is 0 Å². The Kier molecular flexibility index (Phi) is 5.73. The molecule has 146 valence electrons. The molecule has 1 unspecified atom stereocenters. The molecule has 0 aliphatic carbocycles. The van der Waals surface area contributed by atoms with Crippen LogP contribution in [0.15, 0.2) is 77.9 Å². The molecule has 1 aromatic heterocycles. The van der Waals surface area contributed by atoms with Gasteiger partial charge in [0.15, 0.2) is 0 Å². The summed E-state index contributed by atoms with van der Waals surface area (Å²) >= 11 is 2.36. The molecule has 1 atom stereocenters. The number of hydrogen-bond acceptors (Lipinski definition) is 4. The second-order valence-electron chi connectivity index (χ2n) is 6.80. The summed E-state index contributed by atoms with van der Waals surface area (Å²) in [4.78, 5) is 7.02. The summed E-state index contributed by atoms with van der Waals surface area (Å²) in [5.41, 5.74) is 5.67. The molecule has 2 N–H and O–H groups in total. The Bertz CT molecular complexity index is 1160. The number of anilines is 2. The fourth-order valence-electron chi connectivity index (χ4n) is 3.50. The van der Waals surface area contributed by atoms with Crippen LogP contribution in [-0.4, -0.2) is 16.5 Å². The van der Waals surface area contributed by atoms with Crippen molar-refractivity contribution in [1.29, 1.82) is 0 Å². The first-order chi connectivity index (χ1) is 13.8. The molecule has 0 saturated heterocycles. The van der Waals surface area contributed by atoms with Crippen LogP contribution in [0, 0.1) is 3.57 Å². The first-order valence-electron chi connectivity index (χ1n) is 9.09. The van der Waals surface area contributed by atoms with E-state index >= 15 is 0 Å². The molecule has 29 heavy (non-hydrogen) atoms. The molecule has 4 aromatic rings. The Labute approximate surface area is 188 Å². The van der Waals surface area contributed by atoms with Crippen molar-refractivity contribution in [3.8, 4) is 0 Å².